The summed E-state index contributed by atoms with van der Waals surface area (Å²) in [6, 6.07) is 0. The average Bonchev–Trinajstić information content (AvgIpc) is 2.11. The summed E-state index contributed by atoms with van der Waals surface area (Å²) >= 11 is 0. The van der Waals surface area contributed by atoms with Gasteiger partial charge < -0.3 is 14.2 Å². The molecule has 0 N–H and O–H groups in total. The van der Waals surface area contributed by atoms with E-state index in [-0.39, 0.29) is 0 Å². The van der Waals surface area contributed by atoms with Crippen LogP contribution in [0, 0.1) is 5.92 Å². The molecule has 0 aliphatic heterocycles. The molecule has 0 atom stereocenters. The fourth-order valence-corrected chi connectivity index (χ4v) is 1.13. The normalized spacial score (nSPS) is 12.0. The zero-order valence-electron chi connectivity index (χ0n) is 12.5. The van der Waals surface area contributed by atoms with E-state index >= 15 is 0 Å². The molecule has 0 radical (unpaired) electrons. The van der Waals surface area contributed by atoms with Crippen LogP contribution in [-0.2, 0) is 28.6 Å². The minimum absolute atomic E-state index is 0.814. The monoisotopic (exact) mass is 274 g/mol. The molecule has 0 saturated carbocycles. The van der Waals surface area contributed by atoms with Crippen LogP contribution in [0.2, 0.25) is 0 Å². The van der Waals surface area contributed by atoms with E-state index in [9.17, 15) is 14.4 Å². The van der Waals surface area contributed by atoms with Crippen LogP contribution < -0.4 is 0 Å². The molecule has 0 aromatic carbocycles. The Morgan fingerprint density at radius 2 is 1.05 bits per heavy atom. The van der Waals surface area contributed by atoms with E-state index in [1.54, 1.807) is 41.5 Å². The lowest BCUT2D eigenvalue weighted by atomic mass is 10.1. The second-order valence-electron chi connectivity index (χ2n) is 6.02. The lowest BCUT2D eigenvalue weighted by Gasteiger charge is -2.25. The predicted molar refractivity (Wildman–Crippen MR) is 67.2 cm³/mol. The zero-order chi connectivity index (χ0) is 15.4. The summed E-state index contributed by atoms with van der Waals surface area (Å²) in [5, 5.41) is 0. The molecule has 0 heterocycles. The van der Waals surface area contributed by atoms with E-state index in [1.807, 2.05) is 0 Å². The molecule has 0 bridgehead atoms. The molecule has 0 fully saturated rings. The maximum absolute atomic E-state index is 11.9. The number of hydrogen-bond donors (Lipinski definition) is 0. The van der Waals surface area contributed by atoms with Crippen LogP contribution in [0.25, 0.3) is 0 Å². The molecule has 6 nitrogen and oxygen atoms in total. The average molecular weight is 274 g/mol. The van der Waals surface area contributed by atoms with Crippen molar-refractivity contribution in [3.8, 4) is 0 Å². The van der Waals surface area contributed by atoms with Gasteiger partial charge in [0.2, 0.25) is 0 Å². The molecule has 0 amide bonds. The van der Waals surface area contributed by atoms with Crippen molar-refractivity contribution < 1.29 is 28.6 Å². The molecule has 19 heavy (non-hydrogen) atoms. The van der Waals surface area contributed by atoms with E-state index < -0.39 is 35.0 Å². The first kappa shape index (κ1) is 17.4. The SMILES string of the molecule is COC(=O)C(C(=O)OC(C)(C)C)C(=O)OC(C)(C)C. The molecule has 0 saturated heterocycles. The summed E-state index contributed by atoms with van der Waals surface area (Å²) in [6.45, 7) is 9.80. The Morgan fingerprint density at radius 1 is 0.737 bits per heavy atom. The molecule has 110 valence electrons. The molecule has 0 unspecified atom stereocenters. The molecule has 0 rings (SSSR count). The summed E-state index contributed by atoms with van der Waals surface area (Å²) < 4.78 is 14.5. The first-order valence-corrected chi connectivity index (χ1v) is 5.91. The second-order valence-corrected chi connectivity index (χ2v) is 6.02. The van der Waals surface area contributed by atoms with Crippen LogP contribution in [-0.4, -0.2) is 36.2 Å². The Kier molecular flexibility index (Phi) is 5.53. The van der Waals surface area contributed by atoms with E-state index in [0.717, 1.165) is 7.11 Å². The van der Waals surface area contributed by atoms with Crippen molar-refractivity contribution in [3.63, 3.8) is 0 Å². The standard InChI is InChI=1S/C13H22O6/c1-12(2,3)18-10(15)8(9(14)17-7)11(16)19-13(4,5)6/h8H,1-7H3. The Hall–Kier alpha value is -1.59. The molecule has 6 heteroatoms. The summed E-state index contributed by atoms with van der Waals surface area (Å²) in [4.78, 5) is 35.3. The van der Waals surface area contributed by atoms with E-state index in [2.05, 4.69) is 4.74 Å². The van der Waals surface area contributed by atoms with Crippen molar-refractivity contribution in [2.24, 2.45) is 5.92 Å². The molecule has 0 aliphatic rings. The maximum Gasteiger partial charge on any atom is 0.332 e. The van der Waals surface area contributed by atoms with Gasteiger partial charge >= 0.3 is 17.9 Å². The van der Waals surface area contributed by atoms with Gasteiger partial charge in [-0.1, -0.05) is 0 Å². The Bertz CT molecular complexity index is 330. The topological polar surface area (TPSA) is 78.9 Å². The summed E-state index contributed by atoms with van der Waals surface area (Å²) in [5.74, 6) is -4.67. The lowest BCUT2D eigenvalue weighted by Crippen LogP contribution is -2.41. The third kappa shape index (κ3) is 6.79. The fraction of sp³-hybridized carbons (Fsp3) is 0.769. The number of methoxy groups -OCH3 is 1. The van der Waals surface area contributed by atoms with Gasteiger partial charge in [-0.15, -0.1) is 0 Å². The van der Waals surface area contributed by atoms with Gasteiger partial charge in [0.15, 0.2) is 0 Å². The predicted octanol–water partition coefficient (Wildman–Crippen LogP) is 1.46. The molecule has 0 aromatic rings. The third-order valence-electron chi connectivity index (χ3n) is 1.72. The Morgan fingerprint density at radius 3 is 1.26 bits per heavy atom. The van der Waals surface area contributed by atoms with E-state index in [4.69, 9.17) is 9.47 Å². The van der Waals surface area contributed by atoms with Crippen molar-refractivity contribution in [1.29, 1.82) is 0 Å². The quantitative estimate of drug-likeness (QED) is 0.440. The van der Waals surface area contributed by atoms with Gasteiger partial charge in [-0.2, -0.15) is 0 Å². The highest BCUT2D eigenvalue weighted by Crippen LogP contribution is 2.17. The van der Waals surface area contributed by atoms with Gasteiger partial charge in [-0.3, -0.25) is 14.4 Å². The van der Waals surface area contributed by atoms with Gasteiger partial charge in [0.05, 0.1) is 7.11 Å². The number of rotatable bonds is 3. The highest BCUT2D eigenvalue weighted by atomic mass is 16.6. The van der Waals surface area contributed by atoms with Crippen LogP contribution in [0.15, 0.2) is 0 Å². The van der Waals surface area contributed by atoms with Gasteiger partial charge in [0.25, 0.3) is 5.92 Å². The highest BCUT2D eigenvalue weighted by molar-refractivity contribution is 6.12. The number of hydrogen-bond acceptors (Lipinski definition) is 6. The Balaban J connectivity index is 5.08. The first-order valence-electron chi connectivity index (χ1n) is 5.91. The van der Waals surface area contributed by atoms with Crippen LogP contribution in [0.4, 0.5) is 0 Å². The number of esters is 3. The van der Waals surface area contributed by atoms with Crippen LogP contribution in [0.3, 0.4) is 0 Å². The first-order chi connectivity index (χ1) is 8.37. The molecule has 0 aliphatic carbocycles. The minimum atomic E-state index is -1.72. The van der Waals surface area contributed by atoms with Gasteiger partial charge in [0, 0.05) is 0 Å². The van der Waals surface area contributed by atoms with E-state index in [1.165, 1.54) is 0 Å². The van der Waals surface area contributed by atoms with Crippen LogP contribution in [0.1, 0.15) is 41.5 Å². The van der Waals surface area contributed by atoms with Gasteiger partial charge in [-0.05, 0) is 41.5 Å². The highest BCUT2D eigenvalue weighted by Gasteiger charge is 2.41. The third-order valence-corrected chi connectivity index (χ3v) is 1.72. The molecular weight excluding hydrogens is 252 g/mol. The van der Waals surface area contributed by atoms with Crippen molar-refractivity contribution in [3.05, 3.63) is 0 Å². The van der Waals surface area contributed by atoms with Crippen molar-refractivity contribution >= 4 is 17.9 Å². The van der Waals surface area contributed by atoms with Crippen molar-refractivity contribution in [2.75, 3.05) is 7.11 Å². The molecular formula is C13H22O6. The maximum atomic E-state index is 11.9. The molecule has 0 aromatic heterocycles. The smallest absolute Gasteiger partial charge is 0.332 e. The Labute approximate surface area is 113 Å². The van der Waals surface area contributed by atoms with Gasteiger partial charge in [0.1, 0.15) is 11.2 Å². The molecule has 0 spiro atoms. The minimum Gasteiger partial charge on any atom is -0.468 e. The van der Waals surface area contributed by atoms with Gasteiger partial charge in [-0.25, -0.2) is 0 Å². The summed E-state index contributed by atoms with van der Waals surface area (Å²) in [6.07, 6.45) is 0. The second kappa shape index (κ2) is 6.04. The number of ether oxygens (including phenoxy) is 3. The summed E-state index contributed by atoms with van der Waals surface area (Å²) in [7, 11) is 1.09. The number of carbonyl (C=O) groups is 3. The fourth-order valence-electron chi connectivity index (χ4n) is 1.13. The largest absolute Gasteiger partial charge is 0.468 e. The van der Waals surface area contributed by atoms with Crippen molar-refractivity contribution in [1.82, 2.24) is 0 Å². The zero-order valence-corrected chi connectivity index (χ0v) is 12.5. The van der Waals surface area contributed by atoms with E-state index in [0.29, 0.717) is 0 Å². The van der Waals surface area contributed by atoms with Crippen molar-refractivity contribution in [2.45, 2.75) is 52.7 Å². The number of carbonyl (C=O) groups excluding carboxylic acids is 3. The lowest BCUT2D eigenvalue weighted by molar-refractivity contribution is -0.180. The van der Waals surface area contributed by atoms with Crippen LogP contribution >= 0.6 is 0 Å². The van der Waals surface area contributed by atoms with Crippen LogP contribution in [0.5, 0.6) is 0 Å². The summed E-state index contributed by atoms with van der Waals surface area (Å²) in [5.41, 5.74) is -1.63.